The molecule has 2 aromatic rings. The van der Waals surface area contributed by atoms with E-state index in [0.717, 1.165) is 12.1 Å². The Labute approximate surface area is 165 Å². The Morgan fingerprint density at radius 3 is 2.32 bits per heavy atom. The first-order chi connectivity index (χ1) is 13.6. The highest BCUT2D eigenvalue weighted by atomic mass is 16.2. The smallest absolute Gasteiger partial charge is 0.321 e. The summed E-state index contributed by atoms with van der Waals surface area (Å²) in [5.74, 6) is 0.131. The van der Waals surface area contributed by atoms with Crippen LogP contribution in [0.5, 0.6) is 0 Å². The fourth-order valence-corrected chi connectivity index (χ4v) is 4.00. The van der Waals surface area contributed by atoms with E-state index in [9.17, 15) is 9.59 Å². The van der Waals surface area contributed by atoms with Crippen molar-refractivity contribution in [2.24, 2.45) is 0 Å². The molecule has 6 heteroatoms. The lowest BCUT2D eigenvalue weighted by molar-refractivity contribution is -0.131. The number of piperazine rings is 1. The summed E-state index contributed by atoms with van der Waals surface area (Å²) in [6.07, 6.45) is 0.983. The summed E-state index contributed by atoms with van der Waals surface area (Å²) in [5.41, 5.74) is 3.27. The van der Waals surface area contributed by atoms with Gasteiger partial charge in [-0.2, -0.15) is 0 Å². The summed E-state index contributed by atoms with van der Waals surface area (Å²) < 4.78 is 0. The summed E-state index contributed by atoms with van der Waals surface area (Å²) in [6.45, 7) is 4.82. The second kappa shape index (κ2) is 7.92. The van der Waals surface area contributed by atoms with Gasteiger partial charge in [0, 0.05) is 43.6 Å². The average Bonchev–Trinajstić information content (AvgIpc) is 3.04. The minimum atomic E-state index is -0.111. The molecule has 28 heavy (non-hydrogen) atoms. The van der Waals surface area contributed by atoms with Gasteiger partial charge >= 0.3 is 6.03 Å². The van der Waals surface area contributed by atoms with E-state index in [1.54, 1.807) is 4.90 Å². The van der Waals surface area contributed by atoms with E-state index >= 15 is 0 Å². The summed E-state index contributed by atoms with van der Waals surface area (Å²) in [5, 5.41) is 2.91. The van der Waals surface area contributed by atoms with Crippen LogP contribution in [-0.2, 0) is 11.2 Å². The van der Waals surface area contributed by atoms with Gasteiger partial charge in [0.1, 0.15) is 0 Å². The second-order valence-electron chi connectivity index (χ2n) is 7.47. The SMILES string of the molecule is C[C@@H]1Cc2ccccc2N1CC(=O)N1CCN(C(=O)Nc2ccccc2)CC1. The summed E-state index contributed by atoms with van der Waals surface area (Å²) >= 11 is 0. The Morgan fingerprint density at radius 1 is 0.929 bits per heavy atom. The predicted octanol–water partition coefficient (Wildman–Crippen LogP) is 2.81. The first-order valence-electron chi connectivity index (χ1n) is 9.85. The first kappa shape index (κ1) is 18.3. The van der Waals surface area contributed by atoms with Crippen LogP contribution in [-0.4, -0.2) is 60.5 Å². The van der Waals surface area contributed by atoms with E-state index in [-0.39, 0.29) is 11.9 Å². The molecule has 3 amide bonds. The van der Waals surface area contributed by atoms with E-state index in [1.807, 2.05) is 41.3 Å². The molecule has 2 aliphatic heterocycles. The number of carbonyl (C=O) groups is 2. The van der Waals surface area contributed by atoms with Gasteiger partial charge in [-0.15, -0.1) is 0 Å². The molecule has 0 radical (unpaired) electrons. The molecule has 0 aromatic heterocycles. The lowest BCUT2D eigenvalue weighted by Gasteiger charge is -2.36. The van der Waals surface area contributed by atoms with Crippen LogP contribution in [0.3, 0.4) is 0 Å². The zero-order valence-corrected chi connectivity index (χ0v) is 16.2. The first-order valence-corrected chi connectivity index (χ1v) is 9.85. The third kappa shape index (κ3) is 3.81. The Bertz CT molecular complexity index is 847. The van der Waals surface area contributed by atoms with Crippen molar-refractivity contribution in [1.82, 2.24) is 9.80 Å². The molecular formula is C22H26N4O2. The number of carbonyl (C=O) groups excluding carboxylic acids is 2. The minimum absolute atomic E-state index is 0.111. The molecule has 0 saturated carbocycles. The van der Waals surface area contributed by atoms with Crippen LogP contribution in [0, 0.1) is 0 Å². The molecule has 2 heterocycles. The monoisotopic (exact) mass is 378 g/mol. The van der Waals surface area contributed by atoms with Crippen molar-refractivity contribution in [2.75, 3.05) is 42.9 Å². The maximum Gasteiger partial charge on any atom is 0.321 e. The van der Waals surface area contributed by atoms with E-state index in [2.05, 4.69) is 35.3 Å². The molecule has 0 aliphatic carbocycles. The normalized spacial score (nSPS) is 18.8. The Balaban J connectivity index is 1.30. The molecular weight excluding hydrogens is 352 g/mol. The molecule has 4 rings (SSSR count). The van der Waals surface area contributed by atoms with Gasteiger partial charge < -0.3 is 20.0 Å². The standard InChI is InChI=1S/C22H26N4O2/c1-17-15-18-7-5-6-10-20(18)26(17)16-21(27)24-11-13-25(14-12-24)22(28)23-19-8-3-2-4-9-19/h2-10,17H,11-16H2,1H3,(H,23,28)/t17-/m1/s1. The van der Waals surface area contributed by atoms with Gasteiger partial charge in [0.25, 0.3) is 0 Å². The van der Waals surface area contributed by atoms with Crippen LogP contribution >= 0.6 is 0 Å². The van der Waals surface area contributed by atoms with Gasteiger partial charge in [-0.1, -0.05) is 36.4 Å². The maximum atomic E-state index is 12.8. The number of benzene rings is 2. The minimum Gasteiger partial charge on any atom is -0.359 e. The van der Waals surface area contributed by atoms with Crippen molar-refractivity contribution >= 4 is 23.3 Å². The molecule has 6 nitrogen and oxygen atoms in total. The largest absolute Gasteiger partial charge is 0.359 e. The summed E-state index contributed by atoms with van der Waals surface area (Å²) in [7, 11) is 0. The van der Waals surface area contributed by atoms with Gasteiger partial charge in [-0.05, 0) is 37.1 Å². The number of urea groups is 1. The van der Waals surface area contributed by atoms with Crippen molar-refractivity contribution in [3.05, 3.63) is 60.2 Å². The highest BCUT2D eigenvalue weighted by molar-refractivity contribution is 5.89. The zero-order valence-electron chi connectivity index (χ0n) is 16.2. The highest BCUT2D eigenvalue weighted by Crippen LogP contribution is 2.31. The maximum absolute atomic E-state index is 12.8. The number of rotatable bonds is 3. The van der Waals surface area contributed by atoms with Crippen molar-refractivity contribution in [3.63, 3.8) is 0 Å². The molecule has 1 fully saturated rings. The van der Waals surface area contributed by atoms with Crippen molar-refractivity contribution < 1.29 is 9.59 Å². The zero-order chi connectivity index (χ0) is 19.5. The second-order valence-corrected chi connectivity index (χ2v) is 7.47. The fraction of sp³-hybridized carbons (Fsp3) is 0.364. The third-order valence-corrected chi connectivity index (χ3v) is 5.60. The van der Waals surface area contributed by atoms with E-state index in [0.29, 0.717) is 38.8 Å². The van der Waals surface area contributed by atoms with Crippen LogP contribution < -0.4 is 10.2 Å². The average molecular weight is 378 g/mol. The molecule has 1 atom stereocenters. The highest BCUT2D eigenvalue weighted by Gasteiger charge is 2.30. The molecule has 146 valence electrons. The Kier molecular flexibility index (Phi) is 5.19. The quantitative estimate of drug-likeness (QED) is 0.894. The number of fused-ring (bicyclic) bond motifs is 1. The summed E-state index contributed by atoms with van der Waals surface area (Å²) in [4.78, 5) is 31.1. The fourth-order valence-electron chi connectivity index (χ4n) is 4.00. The van der Waals surface area contributed by atoms with Crippen molar-refractivity contribution in [1.29, 1.82) is 0 Å². The predicted molar refractivity (Wildman–Crippen MR) is 111 cm³/mol. The number of para-hydroxylation sites is 2. The van der Waals surface area contributed by atoms with Crippen LogP contribution in [0.1, 0.15) is 12.5 Å². The molecule has 0 bridgehead atoms. The number of anilines is 2. The van der Waals surface area contributed by atoms with E-state index in [1.165, 1.54) is 11.3 Å². The lowest BCUT2D eigenvalue weighted by Crippen LogP contribution is -2.53. The van der Waals surface area contributed by atoms with Gasteiger partial charge in [0.2, 0.25) is 5.91 Å². The van der Waals surface area contributed by atoms with Crippen LogP contribution in [0.15, 0.2) is 54.6 Å². The van der Waals surface area contributed by atoms with Gasteiger partial charge in [0.05, 0.1) is 6.54 Å². The Morgan fingerprint density at radius 2 is 1.57 bits per heavy atom. The lowest BCUT2D eigenvalue weighted by atomic mass is 10.1. The van der Waals surface area contributed by atoms with E-state index < -0.39 is 0 Å². The van der Waals surface area contributed by atoms with Crippen LogP contribution in [0.25, 0.3) is 0 Å². The number of nitrogens with one attached hydrogen (secondary N) is 1. The van der Waals surface area contributed by atoms with Crippen molar-refractivity contribution in [3.8, 4) is 0 Å². The molecule has 2 aromatic carbocycles. The number of hydrogen-bond acceptors (Lipinski definition) is 3. The van der Waals surface area contributed by atoms with Gasteiger partial charge in [0.15, 0.2) is 0 Å². The molecule has 1 saturated heterocycles. The topological polar surface area (TPSA) is 55.9 Å². The molecule has 1 N–H and O–H groups in total. The number of hydrogen-bond donors (Lipinski definition) is 1. The van der Waals surface area contributed by atoms with Crippen LogP contribution in [0.4, 0.5) is 16.2 Å². The third-order valence-electron chi connectivity index (χ3n) is 5.60. The molecule has 0 spiro atoms. The van der Waals surface area contributed by atoms with Gasteiger partial charge in [-0.3, -0.25) is 4.79 Å². The number of amides is 3. The summed E-state index contributed by atoms with van der Waals surface area (Å²) in [6, 6.07) is 18.0. The number of nitrogens with zero attached hydrogens (tertiary/aromatic N) is 3. The molecule has 0 unspecified atom stereocenters. The van der Waals surface area contributed by atoms with Crippen molar-refractivity contribution in [2.45, 2.75) is 19.4 Å². The van der Waals surface area contributed by atoms with E-state index in [4.69, 9.17) is 0 Å². The van der Waals surface area contributed by atoms with Crippen LogP contribution in [0.2, 0.25) is 0 Å². The molecule has 2 aliphatic rings. The van der Waals surface area contributed by atoms with Gasteiger partial charge in [-0.25, -0.2) is 4.79 Å². The Hall–Kier alpha value is -3.02.